The predicted molar refractivity (Wildman–Crippen MR) is 146 cm³/mol. The standard InChI is InChI=1S/C29H44NO4P/c1-22-11-12-25(9-7-15-29(3,4)5)28(18-22)30-16-13-24(14-17-30)20-34-27-10-6-8-26(19-27)23(2)21-35(31,32)33/h6,8,10-12,18-19,23-24H,7,9,13-17,20-21H2,1-5H3,(H2,31,32,33)/t23-/m1/s1. The first kappa shape index (κ1) is 27.8. The second-order valence-corrected chi connectivity index (χ2v) is 13.3. The number of anilines is 1. The zero-order chi connectivity index (χ0) is 25.6. The van der Waals surface area contributed by atoms with Gasteiger partial charge in [-0.15, -0.1) is 0 Å². The number of nitrogens with zero attached hydrogens (tertiary/aromatic N) is 1. The molecule has 35 heavy (non-hydrogen) atoms. The minimum atomic E-state index is -4.04. The van der Waals surface area contributed by atoms with Crippen molar-refractivity contribution in [3.63, 3.8) is 0 Å². The van der Waals surface area contributed by atoms with Gasteiger partial charge in [0.1, 0.15) is 5.75 Å². The van der Waals surface area contributed by atoms with Crippen LogP contribution in [0.1, 0.15) is 76.0 Å². The van der Waals surface area contributed by atoms with Crippen molar-refractivity contribution in [2.75, 3.05) is 30.8 Å². The smallest absolute Gasteiger partial charge is 0.326 e. The third-order valence-electron chi connectivity index (χ3n) is 6.99. The largest absolute Gasteiger partial charge is 0.493 e. The fourth-order valence-electron chi connectivity index (χ4n) is 4.92. The van der Waals surface area contributed by atoms with E-state index in [0.29, 0.717) is 17.9 Å². The molecule has 0 bridgehead atoms. The summed E-state index contributed by atoms with van der Waals surface area (Å²) in [5, 5.41) is 0. The molecule has 1 atom stereocenters. The predicted octanol–water partition coefficient (Wildman–Crippen LogP) is 6.94. The van der Waals surface area contributed by atoms with Gasteiger partial charge in [0, 0.05) is 18.8 Å². The molecular formula is C29H44NO4P. The maximum atomic E-state index is 11.4. The maximum absolute atomic E-state index is 11.4. The Kier molecular flexibility index (Phi) is 9.48. The van der Waals surface area contributed by atoms with Gasteiger partial charge in [-0.25, -0.2) is 0 Å². The first-order valence-corrected chi connectivity index (χ1v) is 14.8. The fraction of sp³-hybridized carbons (Fsp3) is 0.586. The number of hydrogen-bond acceptors (Lipinski definition) is 3. The van der Waals surface area contributed by atoms with E-state index in [-0.39, 0.29) is 12.1 Å². The number of aryl methyl sites for hydroxylation is 2. The van der Waals surface area contributed by atoms with Gasteiger partial charge in [-0.05, 0) is 91.2 Å². The Bertz CT molecular complexity index is 1000. The van der Waals surface area contributed by atoms with Crippen LogP contribution in [0.25, 0.3) is 0 Å². The summed E-state index contributed by atoms with van der Waals surface area (Å²) in [6, 6.07) is 14.6. The van der Waals surface area contributed by atoms with Gasteiger partial charge < -0.3 is 19.4 Å². The number of piperidine rings is 1. The molecule has 1 heterocycles. The van der Waals surface area contributed by atoms with Crippen LogP contribution < -0.4 is 9.64 Å². The molecule has 2 aromatic carbocycles. The van der Waals surface area contributed by atoms with Gasteiger partial charge in [-0.2, -0.15) is 0 Å². The average Bonchev–Trinajstić information content (AvgIpc) is 2.77. The topological polar surface area (TPSA) is 70.0 Å². The lowest BCUT2D eigenvalue weighted by molar-refractivity contribution is 0.222. The molecule has 1 fully saturated rings. The Balaban J connectivity index is 1.53. The van der Waals surface area contributed by atoms with E-state index in [1.54, 1.807) is 0 Å². The first-order valence-electron chi connectivity index (χ1n) is 13.0. The molecule has 0 aliphatic carbocycles. The summed E-state index contributed by atoms with van der Waals surface area (Å²) in [6.45, 7) is 13.7. The van der Waals surface area contributed by atoms with Crippen LogP contribution in [-0.2, 0) is 11.0 Å². The van der Waals surface area contributed by atoms with Crippen molar-refractivity contribution < 1.29 is 19.1 Å². The number of ether oxygens (including phenoxy) is 1. The van der Waals surface area contributed by atoms with Crippen LogP contribution in [0.2, 0.25) is 0 Å². The Morgan fingerprint density at radius 3 is 2.49 bits per heavy atom. The molecule has 1 aliphatic heterocycles. The summed E-state index contributed by atoms with van der Waals surface area (Å²) in [5.41, 5.74) is 5.47. The van der Waals surface area contributed by atoms with E-state index in [4.69, 9.17) is 4.74 Å². The Morgan fingerprint density at radius 1 is 1.11 bits per heavy atom. The molecule has 3 rings (SSSR count). The summed E-state index contributed by atoms with van der Waals surface area (Å²) in [5.74, 6) is 1.08. The highest BCUT2D eigenvalue weighted by Crippen LogP contribution is 2.40. The molecule has 2 N–H and O–H groups in total. The zero-order valence-corrected chi connectivity index (χ0v) is 23.1. The van der Waals surface area contributed by atoms with Gasteiger partial charge >= 0.3 is 7.60 Å². The Morgan fingerprint density at radius 2 is 1.83 bits per heavy atom. The van der Waals surface area contributed by atoms with Gasteiger partial charge in [0.25, 0.3) is 0 Å². The van der Waals surface area contributed by atoms with E-state index in [1.807, 2.05) is 31.2 Å². The summed E-state index contributed by atoms with van der Waals surface area (Å²) in [4.78, 5) is 21.1. The maximum Gasteiger partial charge on any atom is 0.326 e. The van der Waals surface area contributed by atoms with Crippen molar-refractivity contribution in [1.29, 1.82) is 0 Å². The van der Waals surface area contributed by atoms with Crippen LogP contribution in [-0.4, -0.2) is 35.6 Å². The lowest BCUT2D eigenvalue weighted by Gasteiger charge is -2.35. The van der Waals surface area contributed by atoms with Crippen LogP contribution in [0.5, 0.6) is 5.75 Å². The van der Waals surface area contributed by atoms with E-state index in [0.717, 1.165) is 43.7 Å². The zero-order valence-electron chi connectivity index (χ0n) is 22.2. The molecule has 194 valence electrons. The van der Waals surface area contributed by atoms with Crippen molar-refractivity contribution in [3.05, 3.63) is 59.2 Å². The highest BCUT2D eigenvalue weighted by atomic mass is 31.2. The van der Waals surface area contributed by atoms with Gasteiger partial charge in [0.2, 0.25) is 0 Å². The van der Waals surface area contributed by atoms with Gasteiger partial charge in [-0.3, -0.25) is 4.57 Å². The van der Waals surface area contributed by atoms with Crippen molar-refractivity contribution in [3.8, 4) is 5.75 Å². The fourth-order valence-corrected chi connectivity index (χ4v) is 5.84. The summed E-state index contributed by atoms with van der Waals surface area (Å²) < 4.78 is 17.5. The van der Waals surface area contributed by atoms with Crippen molar-refractivity contribution in [1.82, 2.24) is 0 Å². The third kappa shape index (κ3) is 9.29. The number of benzene rings is 2. The summed E-state index contributed by atoms with van der Waals surface area (Å²) in [6.07, 6.45) is 5.64. The number of rotatable bonds is 10. The summed E-state index contributed by atoms with van der Waals surface area (Å²) >= 11 is 0. The molecule has 0 amide bonds. The van der Waals surface area contributed by atoms with Crippen LogP contribution in [0, 0.1) is 18.3 Å². The normalized spacial score (nSPS) is 16.4. The molecule has 2 aromatic rings. The van der Waals surface area contributed by atoms with Gasteiger partial charge in [0.15, 0.2) is 0 Å². The van der Waals surface area contributed by atoms with E-state index < -0.39 is 7.60 Å². The molecule has 6 heteroatoms. The minimum Gasteiger partial charge on any atom is -0.493 e. The van der Waals surface area contributed by atoms with E-state index in [9.17, 15) is 14.4 Å². The lowest BCUT2D eigenvalue weighted by Crippen LogP contribution is -2.36. The van der Waals surface area contributed by atoms with Crippen molar-refractivity contribution in [2.24, 2.45) is 11.3 Å². The van der Waals surface area contributed by atoms with Gasteiger partial charge in [0.05, 0.1) is 12.8 Å². The SMILES string of the molecule is Cc1ccc(CCCC(C)(C)C)c(N2CCC(COc3cccc([C@H](C)CP(=O)(O)O)c3)CC2)c1. The molecule has 0 radical (unpaired) electrons. The highest BCUT2D eigenvalue weighted by Gasteiger charge is 2.23. The monoisotopic (exact) mass is 501 g/mol. The van der Waals surface area contributed by atoms with Crippen LogP contribution >= 0.6 is 7.60 Å². The quantitative estimate of drug-likeness (QED) is 0.345. The van der Waals surface area contributed by atoms with Crippen LogP contribution in [0.3, 0.4) is 0 Å². The molecule has 1 aliphatic rings. The van der Waals surface area contributed by atoms with E-state index in [2.05, 4.69) is 50.8 Å². The van der Waals surface area contributed by atoms with Gasteiger partial charge in [-0.1, -0.05) is 52.0 Å². The van der Waals surface area contributed by atoms with E-state index in [1.165, 1.54) is 29.7 Å². The van der Waals surface area contributed by atoms with Crippen LogP contribution in [0.4, 0.5) is 5.69 Å². The second kappa shape index (κ2) is 12.0. The molecule has 5 nitrogen and oxygen atoms in total. The average molecular weight is 502 g/mol. The molecule has 0 unspecified atom stereocenters. The highest BCUT2D eigenvalue weighted by molar-refractivity contribution is 7.51. The van der Waals surface area contributed by atoms with Crippen molar-refractivity contribution in [2.45, 2.75) is 72.6 Å². The van der Waals surface area contributed by atoms with Crippen molar-refractivity contribution >= 4 is 13.3 Å². The Labute approximate surface area is 212 Å². The Hall–Kier alpha value is -1.81. The number of hydrogen-bond donors (Lipinski definition) is 2. The molecule has 0 spiro atoms. The lowest BCUT2D eigenvalue weighted by atomic mass is 9.88. The molecule has 1 saturated heterocycles. The van der Waals surface area contributed by atoms with E-state index >= 15 is 0 Å². The summed E-state index contributed by atoms with van der Waals surface area (Å²) in [7, 11) is -4.04. The molecular weight excluding hydrogens is 457 g/mol. The minimum absolute atomic E-state index is 0.147. The second-order valence-electron chi connectivity index (χ2n) is 11.6. The first-order chi connectivity index (χ1) is 16.4. The molecule has 0 saturated carbocycles. The van der Waals surface area contributed by atoms with Crippen LogP contribution in [0.15, 0.2) is 42.5 Å². The molecule has 0 aromatic heterocycles. The third-order valence-corrected chi connectivity index (χ3v) is 8.02.